The van der Waals surface area contributed by atoms with Gasteiger partial charge in [-0.05, 0) is 46.8 Å². The molecule has 0 spiro atoms. The molecule has 19 heavy (non-hydrogen) atoms. The Hall–Kier alpha value is -0.650. The fourth-order valence-electron chi connectivity index (χ4n) is 3.35. The van der Waals surface area contributed by atoms with E-state index in [-0.39, 0.29) is 30.0 Å². The van der Waals surface area contributed by atoms with E-state index in [0.29, 0.717) is 13.0 Å². The molecule has 4 atom stereocenters. The molecule has 2 heterocycles. The quantitative estimate of drug-likeness (QED) is 0.751. The van der Waals surface area contributed by atoms with E-state index in [2.05, 4.69) is 17.1 Å². The summed E-state index contributed by atoms with van der Waals surface area (Å²) in [6, 6.07) is 0.408. The van der Waals surface area contributed by atoms with Crippen LogP contribution < -0.4 is 5.32 Å². The molecule has 110 valence electrons. The number of hydrogen-bond donors (Lipinski definition) is 2. The average molecular weight is 269 g/mol. The van der Waals surface area contributed by atoms with Crippen LogP contribution in [0.3, 0.4) is 0 Å². The van der Waals surface area contributed by atoms with Crippen LogP contribution in [0.15, 0.2) is 0 Å². The van der Waals surface area contributed by atoms with Crippen LogP contribution in [0.25, 0.3) is 0 Å². The van der Waals surface area contributed by atoms with Crippen molar-refractivity contribution in [3.05, 3.63) is 0 Å². The first-order chi connectivity index (χ1) is 8.99. The molecule has 2 rings (SSSR count). The molecule has 2 aliphatic rings. The highest BCUT2D eigenvalue weighted by molar-refractivity contribution is 5.80. The monoisotopic (exact) mass is 269 g/mol. The minimum absolute atomic E-state index is 0.0729. The van der Waals surface area contributed by atoms with Crippen molar-refractivity contribution < 1.29 is 9.90 Å². The van der Waals surface area contributed by atoms with E-state index in [0.717, 1.165) is 25.9 Å². The first-order valence-corrected chi connectivity index (χ1v) is 7.35. The minimum Gasteiger partial charge on any atom is -0.391 e. The van der Waals surface area contributed by atoms with Crippen molar-refractivity contribution in [3.8, 4) is 0 Å². The van der Waals surface area contributed by atoms with Crippen LogP contribution >= 0.6 is 0 Å². The van der Waals surface area contributed by atoms with Gasteiger partial charge < -0.3 is 20.2 Å². The van der Waals surface area contributed by atoms with Crippen molar-refractivity contribution in [2.45, 2.75) is 44.4 Å². The molecule has 2 saturated heterocycles. The van der Waals surface area contributed by atoms with Gasteiger partial charge in [0.05, 0.1) is 12.0 Å². The summed E-state index contributed by atoms with van der Waals surface area (Å²) in [4.78, 5) is 16.7. The Bertz CT molecular complexity index is 322. The molecule has 2 fully saturated rings. The summed E-state index contributed by atoms with van der Waals surface area (Å²) < 4.78 is 0. The standard InChI is InChI=1S/C14H27N3O2/c1-10-13(5-4-6-15-10)14(19)17-9-12(18)7-11(17)8-16(2)3/h10-13,15,18H,4-9H2,1-3H3. The first kappa shape index (κ1) is 14.8. The van der Waals surface area contributed by atoms with E-state index in [4.69, 9.17) is 0 Å². The number of carbonyl (C=O) groups is 1. The summed E-state index contributed by atoms with van der Waals surface area (Å²) in [6.45, 7) is 4.43. The van der Waals surface area contributed by atoms with Crippen molar-refractivity contribution in [2.24, 2.45) is 5.92 Å². The van der Waals surface area contributed by atoms with Crippen LogP contribution in [0.2, 0.25) is 0 Å². The molecular formula is C14H27N3O2. The van der Waals surface area contributed by atoms with Gasteiger partial charge in [0.25, 0.3) is 0 Å². The van der Waals surface area contributed by atoms with Gasteiger partial charge in [0.15, 0.2) is 0 Å². The smallest absolute Gasteiger partial charge is 0.227 e. The molecular weight excluding hydrogens is 242 g/mol. The molecule has 1 amide bonds. The second kappa shape index (κ2) is 6.20. The number of β-amino-alcohol motifs (C(OH)–C–C–N with tert-alkyl or cyclic N) is 1. The van der Waals surface area contributed by atoms with Crippen LogP contribution in [-0.4, -0.2) is 72.7 Å². The number of amides is 1. The number of aliphatic hydroxyl groups excluding tert-OH is 1. The summed E-state index contributed by atoms with van der Waals surface area (Å²) in [5.74, 6) is 0.298. The molecule has 0 radical (unpaired) electrons. The van der Waals surface area contributed by atoms with E-state index >= 15 is 0 Å². The third-order valence-corrected chi connectivity index (χ3v) is 4.33. The number of aliphatic hydroxyl groups is 1. The number of carbonyl (C=O) groups excluding carboxylic acids is 1. The third kappa shape index (κ3) is 3.46. The maximum Gasteiger partial charge on any atom is 0.227 e. The zero-order valence-corrected chi connectivity index (χ0v) is 12.3. The second-order valence-corrected chi connectivity index (χ2v) is 6.29. The van der Waals surface area contributed by atoms with Crippen LogP contribution in [0.5, 0.6) is 0 Å². The summed E-state index contributed by atoms with van der Waals surface area (Å²) in [6.07, 6.45) is 2.38. The topological polar surface area (TPSA) is 55.8 Å². The molecule has 0 bridgehead atoms. The Morgan fingerprint density at radius 1 is 1.47 bits per heavy atom. The van der Waals surface area contributed by atoms with E-state index in [9.17, 15) is 9.90 Å². The second-order valence-electron chi connectivity index (χ2n) is 6.29. The average Bonchev–Trinajstić information content (AvgIpc) is 2.69. The Labute approximate surface area is 115 Å². The van der Waals surface area contributed by atoms with Crippen LogP contribution in [0, 0.1) is 5.92 Å². The normalized spacial score (nSPS) is 35.9. The lowest BCUT2D eigenvalue weighted by molar-refractivity contribution is -0.138. The Balaban J connectivity index is 2.03. The lowest BCUT2D eigenvalue weighted by atomic mass is 9.90. The highest BCUT2D eigenvalue weighted by atomic mass is 16.3. The maximum atomic E-state index is 12.7. The number of rotatable bonds is 3. The largest absolute Gasteiger partial charge is 0.391 e. The van der Waals surface area contributed by atoms with E-state index in [1.54, 1.807) is 0 Å². The predicted octanol–water partition coefficient (Wildman–Crippen LogP) is -0.102. The molecule has 0 aliphatic carbocycles. The maximum absolute atomic E-state index is 12.7. The zero-order valence-electron chi connectivity index (χ0n) is 12.3. The van der Waals surface area contributed by atoms with Crippen LogP contribution in [-0.2, 0) is 4.79 Å². The first-order valence-electron chi connectivity index (χ1n) is 7.35. The predicted molar refractivity (Wildman–Crippen MR) is 74.9 cm³/mol. The van der Waals surface area contributed by atoms with Gasteiger partial charge in [0.1, 0.15) is 0 Å². The molecule has 5 heteroatoms. The fourth-order valence-corrected chi connectivity index (χ4v) is 3.35. The van der Waals surface area contributed by atoms with Crippen molar-refractivity contribution in [3.63, 3.8) is 0 Å². The highest BCUT2D eigenvalue weighted by Crippen LogP contribution is 2.25. The van der Waals surface area contributed by atoms with Gasteiger partial charge in [-0.2, -0.15) is 0 Å². The van der Waals surface area contributed by atoms with E-state index < -0.39 is 0 Å². The summed E-state index contributed by atoms with van der Waals surface area (Å²) in [5, 5.41) is 13.3. The summed E-state index contributed by atoms with van der Waals surface area (Å²) >= 11 is 0. The van der Waals surface area contributed by atoms with Crippen molar-refractivity contribution in [1.29, 1.82) is 0 Å². The van der Waals surface area contributed by atoms with Gasteiger partial charge in [0.2, 0.25) is 5.91 Å². The number of nitrogens with zero attached hydrogens (tertiary/aromatic N) is 2. The van der Waals surface area contributed by atoms with Gasteiger partial charge in [-0.3, -0.25) is 4.79 Å². The molecule has 0 aromatic heterocycles. The van der Waals surface area contributed by atoms with Gasteiger partial charge in [-0.1, -0.05) is 0 Å². The van der Waals surface area contributed by atoms with E-state index in [1.807, 2.05) is 19.0 Å². The highest BCUT2D eigenvalue weighted by Gasteiger charge is 2.39. The molecule has 2 aliphatic heterocycles. The lowest BCUT2D eigenvalue weighted by Crippen LogP contribution is -2.51. The molecule has 2 N–H and O–H groups in total. The molecule has 0 aromatic carbocycles. The van der Waals surface area contributed by atoms with Gasteiger partial charge in [-0.25, -0.2) is 0 Å². The number of nitrogens with one attached hydrogen (secondary N) is 1. The van der Waals surface area contributed by atoms with Crippen LogP contribution in [0.1, 0.15) is 26.2 Å². The molecule has 4 unspecified atom stereocenters. The molecule has 0 aromatic rings. The minimum atomic E-state index is -0.360. The van der Waals surface area contributed by atoms with Crippen LogP contribution in [0.4, 0.5) is 0 Å². The Morgan fingerprint density at radius 2 is 2.21 bits per heavy atom. The summed E-state index contributed by atoms with van der Waals surface area (Å²) in [7, 11) is 4.02. The van der Waals surface area contributed by atoms with E-state index in [1.165, 1.54) is 0 Å². The number of piperidine rings is 1. The number of likely N-dealkylation sites (N-methyl/N-ethyl adjacent to an activating group) is 1. The van der Waals surface area contributed by atoms with Crippen molar-refractivity contribution in [2.75, 3.05) is 33.7 Å². The summed E-state index contributed by atoms with van der Waals surface area (Å²) in [5.41, 5.74) is 0. The van der Waals surface area contributed by atoms with Crippen molar-refractivity contribution >= 4 is 5.91 Å². The number of hydrogen-bond acceptors (Lipinski definition) is 4. The molecule has 5 nitrogen and oxygen atoms in total. The van der Waals surface area contributed by atoms with Gasteiger partial charge in [0, 0.05) is 25.2 Å². The van der Waals surface area contributed by atoms with Gasteiger partial charge >= 0.3 is 0 Å². The zero-order chi connectivity index (χ0) is 14.0. The van der Waals surface area contributed by atoms with Gasteiger partial charge in [-0.15, -0.1) is 0 Å². The Morgan fingerprint density at radius 3 is 2.84 bits per heavy atom. The fraction of sp³-hybridized carbons (Fsp3) is 0.929. The molecule has 0 saturated carbocycles. The van der Waals surface area contributed by atoms with Crippen molar-refractivity contribution in [1.82, 2.24) is 15.1 Å². The number of likely N-dealkylation sites (tertiary alicyclic amines) is 1. The SMILES string of the molecule is CC1NCCCC1C(=O)N1CC(O)CC1CN(C)C. The third-order valence-electron chi connectivity index (χ3n) is 4.33. The Kier molecular flexibility index (Phi) is 4.81. The lowest BCUT2D eigenvalue weighted by Gasteiger charge is -2.35.